The van der Waals surface area contributed by atoms with Crippen LogP contribution < -0.4 is 5.11 Å². The van der Waals surface area contributed by atoms with Gasteiger partial charge in [0.1, 0.15) is 6.20 Å². The van der Waals surface area contributed by atoms with Crippen molar-refractivity contribution in [1.82, 2.24) is 4.98 Å². The lowest BCUT2D eigenvalue weighted by molar-refractivity contribution is -0.384. The molecule has 0 spiro atoms. The Kier molecular flexibility index (Phi) is 1.32. The topological polar surface area (TPSA) is 49.2 Å². The zero-order valence-electron chi connectivity index (χ0n) is 4.20. The molecule has 8 heavy (non-hydrogen) atoms. The fraction of sp³-hybridized carbons (Fsp3) is 0. The second kappa shape index (κ2) is 2.16. The van der Waals surface area contributed by atoms with Crippen molar-refractivity contribution in [2.24, 2.45) is 0 Å². The molecule has 0 fully saturated rings. The molecule has 0 aliphatic heterocycles. The number of pyridine rings is 1. The number of nitrogens with one attached hydrogen (secondary N) is 1. The van der Waals surface area contributed by atoms with Crippen molar-refractivity contribution >= 4 is 5.82 Å². The van der Waals surface area contributed by atoms with Gasteiger partial charge >= 0.3 is 5.82 Å². The molecule has 3 heteroatoms. The summed E-state index contributed by atoms with van der Waals surface area (Å²) >= 11 is 0. The molecule has 0 aromatic carbocycles. The van der Waals surface area contributed by atoms with Crippen molar-refractivity contribution in [1.29, 1.82) is 0 Å². The van der Waals surface area contributed by atoms with Gasteiger partial charge < -0.3 is 10.6 Å². The molecule has 0 bridgehead atoms. The minimum Gasteiger partial charge on any atom is -0.614 e. The highest BCUT2D eigenvalue weighted by molar-refractivity contribution is 5.14. The summed E-state index contributed by atoms with van der Waals surface area (Å²) in [6.07, 6.45) is 1.60. The van der Waals surface area contributed by atoms with Crippen LogP contribution in [0.1, 0.15) is 0 Å². The molecule has 0 saturated heterocycles. The summed E-state index contributed by atoms with van der Waals surface area (Å²) in [6, 6.07) is 5.23. The van der Waals surface area contributed by atoms with Crippen LogP contribution in [0.4, 0.5) is 5.82 Å². The maximum Gasteiger partial charge on any atom is 0.305 e. The zero-order chi connectivity index (χ0) is 5.82. The van der Waals surface area contributed by atoms with Crippen molar-refractivity contribution in [3.63, 3.8) is 0 Å². The van der Waals surface area contributed by atoms with E-state index < -0.39 is 0 Å². The van der Waals surface area contributed by atoms with Gasteiger partial charge in [-0.25, -0.2) is 0 Å². The Morgan fingerprint density at radius 1 is 1.50 bits per heavy atom. The summed E-state index contributed by atoms with van der Waals surface area (Å²) in [5.74, 6) is 0.465. The molecule has 0 atom stereocenters. The number of nitrogens with zero attached hydrogens (tertiary/aromatic N) is 2. The first kappa shape index (κ1) is 4.90. The van der Waals surface area contributed by atoms with Gasteiger partial charge in [-0.3, -0.25) is 0 Å². The Morgan fingerprint density at radius 2 is 2.38 bits per heavy atom. The third kappa shape index (κ3) is 0.872. The van der Waals surface area contributed by atoms with Crippen LogP contribution in [0.5, 0.6) is 0 Å². The first-order valence-corrected chi connectivity index (χ1v) is 2.24. The van der Waals surface area contributed by atoms with E-state index >= 15 is 0 Å². The maximum absolute atomic E-state index is 8.23. The van der Waals surface area contributed by atoms with Crippen LogP contribution in [0.25, 0.3) is 5.53 Å². The SMILES string of the molecule is [N-]=[NH+]c1ccccn1. The predicted octanol–water partition coefficient (Wildman–Crippen LogP) is -0.185. The van der Waals surface area contributed by atoms with Crippen molar-refractivity contribution in [3.8, 4) is 0 Å². The maximum atomic E-state index is 8.23. The number of aromatic nitrogens is 1. The van der Waals surface area contributed by atoms with Crippen LogP contribution in [-0.4, -0.2) is 4.98 Å². The van der Waals surface area contributed by atoms with Crippen LogP contribution in [-0.2, 0) is 0 Å². The van der Waals surface area contributed by atoms with Crippen LogP contribution in [0.15, 0.2) is 24.4 Å². The minimum atomic E-state index is 0.465. The number of hydrogen-bond acceptors (Lipinski definition) is 1. The molecule has 3 nitrogen and oxygen atoms in total. The molecule has 0 aliphatic rings. The molecular weight excluding hydrogens is 102 g/mol. The molecule has 0 amide bonds. The van der Waals surface area contributed by atoms with E-state index in [1.807, 2.05) is 5.11 Å². The lowest BCUT2D eigenvalue weighted by atomic mass is 10.5. The summed E-state index contributed by atoms with van der Waals surface area (Å²) in [5.41, 5.74) is 8.23. The van der Waals surface area contributed by atoms with Gasteiger partial charge in [-0.15, -0.1) is 0 Å². The van der Waals surface area contributed by atoms with E-state index in [1.54, 1.807) is 24.4 Å². The van der Waals surface area contributed by atoms with Crippen molar-refractivity contribution in [2.45, 2.75) is 0 Å². The average molecular weight is 107 g/mol. The Morgan fingerprint density at radius 3 is 2.75 bits per heavy atom. The van der Waals surface area contributed by atoms with Crippen LogP contribution in [0, 0.1) is 0 Å². The van der Waals surface area contributed by atoms with E-state index in [1.165, 1.54) is 0 Å². The molecule has 1 aromatic rings. The Balaban J connectivity index is 2.99. The second-order valence-electron chi connectivity index (χ2n) is 1.33. The number of rotatable bonds is 1. The van der Waals surface area contributed by atoms with Crippen LogP contribution >= 0.6 is 0 Å². The summed E-state index contributed by atoms with van der Waals surface area (Å²) in [6.45, 7) is 0. The lowest BCUT2D eigenvalue weighted by Gasteiger charge is -1.80. The van der Waals surface area contributed by atoms with Gasteiger partial charge in [0.15, 0.2) is 0 Å². The Hall–Kier alpha value is -1.25. The largest absolute Gasteiger partial charge is 0.614 e. The fourth-order valence-corrected chi connectivity index (χ4v) is 0.429. The van der Waals surface area contributed by atoms with Gasteiger partial charge in [0.2, 0.25) is 0 Å². The van der Waals surface area contributed by atoms with E-state index in [0.717, 1.165) is 0 Å². The highest BCUT2D eigenvalue weighted by Gasteiger charge is 1.86. The van der Waals surface area contributed by atoms with E-state index in [2.05, 4.69) is 4.98 Å². The predicted molar refractivity (Wildman–Crippen MR) is 28.2 cm³/mol. The first-order valence-electron chi connectivity index (χ1n) is 2.24. The van der Waals surface area contributed by atoms with E-state index in [9.17, 15) is 0 Å². The molecule has 0 unspecified atom stereocenters. The highest BCUT2D eigenvalue weighted by atomic mass is 15.0. The lowest BCUT2D eigenvalue weighted by Crippen LogP contribution is -2.55. The van der Waals surface area contributed by atoms with Gasteiger partial charge in [0, 0.05) is 6.07 Å². The molecule has 40 valence electrons. The van der Waals surface area contributed by atoms with E-state index in [4.69, 9.17) is 5.53 Å². The molecule has 0 aliphatic carbocycles. The molecular formula is C5H5N3. The van der Waals surface area contributed by atoms with Crippen molar-refractivity contribution in [3.05, 3.63) is 29.9 Å². The summed E-state index contributed by atoms with van der Waals surface area (Å²) in [5, 5.41) is 1.92. The van der Waals surface area contributed by atoms with Gasteiger partial charge in [-0.2, -0.15) is 0 Å². The standard InChI is InChI=1S/C5H5N3/c6-8-5-3-1-2-4-7-5/h1-4,8H. The smallest absolute Gasteiger partial charge is 0.305 e. The monoisotopic (exact) mass is 107 g/mol. The molecule has 1 N–H and O–H groups in total. The third-order valence-corrected chi connectivity index (χ3v) is 0.779. The second-order valence-corrected chi connectivity index (χ2v) is 1.33. The highest BCUT2D eigenvalue weighted by Crippen LogP contribution is 1.87. The van der Waals surface area contributed by atoms with Crippen LogP contribution in [0.3, 0.4) is 0 Å². The molecule has 1 aromatic heterocycles. The zero-order valence-corrected chi connectivity index (χ0v) is 4.20. The fourth-order valence-electron chi connectivity index (χ4n) is 0.429. The summed E-state index contributed by atoms with van der Waals surface area (Å²) in [7, 11) is 0. The number of hydrogen-bond donors (Lipinski definition) is 1. The summed E-state index contributed by atoms with van der Waals surface area (Å²) < 4.78 is 0. The molecule has 1 rings (SSSR count). The minimum absolute atomic E-state index is 0.465. The first-order chi connectivity index (χ1) is 3.93. The van der Waals surface area contributed by atoms with Crippen molar-refractivity contribution in [2.75, 3.05) is 0 Å². The van der Waals surface area contributed by atoms with Gasteiger partial charge in [-0.05, 0) is 6.07 Å². The Bertz CT molecular complexity index is 170. The molecule has 1 heterocycles. The van der Waals surface area contributed by atoms with E-state index in [-0.39, 0.29) is 0 Å². The van der Waals surface area contributed by atoms with Crippen molar-refractivity contribution < 1.29 is 5.11 Å². The van der Waals surface area contributed by atoms with Gasteiger partial charge in [0.25, 0.3) is 0 Å². The average Bonchev–Trinajstić information content (AvgIpc) is 1.90. The molecule has 0 radical (unpaired) electrons. The quantitative estimate of drug-likeness (QED) is 0.497. The van der Waals surface area contributed by atoms with Gasteiger partial charge in [-0.1, -0.05) is 11.1 Å². The summed E-state index contributed by atoms with van der Waals surface area (Å²) in [4.78, 5) is 3.74. The molecule has 0 saturated carbocycles. The Labute approximate surface area is 46.9 Å². The third-order valence-electron chi connectivity index (χ3n) is 0.779. The van der Waals surface area contributed by atoms with Gasteiger partial charge in [0.05, 0.1) is 0 Å². The van der Waals surface area contributed by atoms with Crippen LogP contribution in [0.2, 0.25) is 0 Å². The van der Waals surface area contributed by atoms with E-state index in [0.29, 0.717) is 5.82 Å². The normalized spacial score (nSPS) is 8.50.